The van der Waals surface area contributed by atoms with Crippen LogP contribution in [0.25, 0.3) is 0 Å². The molecule has 4 atom stereocenters. The molecular formula is C16H20N10O8S. The minimum absolute atomic E-state index is 0.0705. The quantitative estimate of drug-likeness (QED) is 0.488. The maximum atomic E-state index is 12.9. The molecule has 0 radical (unpaired) electrons. The van der Waals surface area contributed by atoms with Gasteiger partial charge in [-0.3, -0.25) is 0 Å². The van der Waals surface area contributed by atoms with Gasteiger partial charge in [-0.25, -0.2) is 9.59 Å². The van der Waals surface area contributed by atoms with Crippen LogP contribution >= 0.6 is 0 Å². The zero-order chi connectivity index (χ0) is 24.5. The van der Waals surface area contributed by atoms with E-state index in [1.54, 1.807) is 0 Å². The zero-order valence-electron chi connectivity index (χ0n) is 18.0. The van der Waals surface area contributed by atoms with Crippen molar-refractivity contribution in [3.63, 3.8) is 0 Å². The second kappa shape index (κ2) is 7.65. The molecule has 4 N–H and O–H groups in total. The van der Waals surface area contributed by atoms with Crippen molar-refractivity contribution in [3.8, 4) is 0 Å². The largest absolute Gasteiger partial charge is 0.442 e. The summed E-state index contributed by atoms with van der Waals surface area (Å²) in [4.78, 5) is 36.4. The van der Waals surface area contributed by atoms with E-state index in [2.05, 4.69) is 20.3 Å². The van der Waals surface area contributed by atoms with Gasteiger partial charge in [-0.2, -0.15) is 28.5 Å². The van der Waals surface area contributed by atoms with Crippen LogP contribution < -0.4 is 11.5 Å². The van der Waals surface area contributed by atoms with E-state index in [1.807, 2.05) is 0 Å². The first-order valence-electron chi connectivity index (χ1n) is 10.7. The van der Waals surface area contributed by atoms with E-state index >= 15 is 0 Å². The highest BCUT2D eigenvalue weighted by atomic mass is 32.3. The molecule has 2 aromatic rings. The van der Waals surface area contributed by atoms with E-state index in [9.17, 15) is 18.0 Å². The number of amides is 4. The van der Waals surface area contributed by atoms with Gasteiger partial charge in [0, 0.05) is 13.1 Å². The molecule has 4 bridgehead atoms. The number of carbonyl (C=O) groups excluding carboxylic acids is 2. The SMILES string of the molecule is Nc1noc([C@@H]2CC[C@@H]3CN2C(=O)N3OS(=O)(=O)ON2C(=O)N3C[C@H]2CC[C@H]3c2nc(N)no2)n1. The van der Waals surface area contributed by atoms with E-state index in [4.69, 9.17) is 29.1 Å². The van der Waals surface area contributed by atoms with Gasteiger partial charge in [0.1, 0.15) is 12.1 Å². The van der Waals surface area contributed by atoms with Gasteiger partial charge in [-0.1, -0.05) is 0 Å². The Bertz CT molecular complexity index is 1190. The Hall–Kier alpha value is -3.71. The van der Waals surface area contributed by atoms with Crippen LogP contribution in [0.2, 0.25) is 0 Å². The number of hydrogen-bond donors (Lipinski definition) is 2. The van der Waals surface area contributed by atoms with Gasteiger partial charge in [-0.15, -0.1) is 8.57 Å². The third-order valence-electron chi connectivity index (χ3n) is 6.47. The van der Waals surface area contributed by atoms with Crippen LogP contribution in [0.1, 0.15) is 49.5 Å². The Morgan fingerprint density at radius 3 is 1.57 bits per heavy atom. The van der Waals surface area contributed by atoms with Crippen LogP contribution in [0, 0.1) is 0 Å². The molecule has 4 fully saturated rings. The molecule has 188 valence electrons. The number of anilines is 2. The van der Waals surface area contributed by atoms with Crippen molar-refractivity contribution < 1.29 is 35.6 Å². The summed E-state index contributed by atoms with van der Waals surface area (Å²) in [5.74, 6) is 0.159. The number of rotatable bonds is 6. The predicted molar refractivity (Wildman–Crippen MR) is 108 cm³/mol. The molecule has 6 heterocycles. The molecule has 4 aliphatic rings. The molecule has 0 spiro atoms. The van der Waals surface area contributed by atoms with Crippen molar-refractivity contribution in [1.82, 2.24) is 40.2 Å². The fourth-order valence-electron chi connectivity index (χ4n) is 4.95. The number of aromatic nitrogens is 4. The topological polar surface area (TPSA) is 230 Å². The fourth-order valence-corrected chi connectivity index (χ4v) is 5.74. The van der Waals surface area contributed by atoms with Crippen molar-refractivity contribution in [2.75, 3.05) is 24.6 Å². The van der Waals surface area contributed by atoms with Crippen LogP contribution in [-0.2, 0) is 19.0 Å². The van der Waals surface area contributed by atoms with Gasteiger partial charge < -0.3 is 30.3 Å². The molecule has 4 amide bonds. The summed E-state index contributed by atoms with van der Waals surface area (Å²) in [5.41, 5.74) is 11.0. The zero-order valence-corrected chi connectivity index (χ0v) is 18.8. The molecule has 2 aromatic heterocycles. The number of urea groups is 2. The Morgan fingerprint density at radius 2 is 1.20 bits per heavy atom. The fraction of sp³-hybridized carbons (Fsp3) is 0.625. The number of nitrogens with two attached hydrogens (primary N) is 2. The van der Waals surface area contributed by atoms with Gasteiger partial charge in [0.05, 0.1) is 12.1 Å². The normalized spacial score (nSPS) is 28.5. The van der Waals surface area contributed by atoms with Gasteiger partial charge in [0.25, 0.3) is 23.7 Å². The van der Waals surface area contributed by atoms with Gasteiger partial charge in [0.2, 0.25) is 0 Å². The highest BCUT2D eigenvalue weighted by Crippen LogP contribution is 2.40. The predicted octanol–water partition coefficient (Wildman–Crippen LogP) is -0.693. The summed E-state index contributed by atoms with van der Waals surface area (Å²) in [6, 6.07) is -3.67. The Labute approximate surface area is 196 Å². The van der Waals surface area contributed by atoms with E-state index in [-0.39, 0.29) is 36.8 Å². The maximum Gasteiger partial charge on any atom is 0.442 e. The number of fused-ring (bicyclic) bond motifs is 4. The summed E-state index contributed by atoms with van der Waals surface area (Å²) in [6.07, 6.45) is 1.67. The summed E-state index contributed by atoms with van der Waals surface area (Å²) in [7, 11) is -4.83. The molecule has 6 rings (SSSR count). The first-order valence-corrected chi connectivity index (χ1v) is 12.1. The first kappa shape index (κ1) is 21.8. The third kappa shape index (κ3) is 3.58. The van der Waals surface area contributed by atoms with Crippen molar-refractivity contribution in [2.24, 2.45) is 0 Å². The third-order valence-corrected chi connectivity index (χ3v) is 7.16. The Balaban J connectivity index is 1.14. The molecule has 4 aliphatic heterocycles. The van der Waals surface area contributed by atoms with Gasteiger partial charge >= 0.3 is 22.5 Å². The van der Waals surface area contributed by atoms with Crippen LogP contribution in [-0.4, -0.2) is 85.9 Å². The minimum Gasteiger partial charge on any atom is -0.365 e. The van der Waals surface area contributed by atoms with E-state index in [0.717, 1.165) is 10.1 Å². The minimum atomic E-state index is -4.83. The second-order valence-corrected chi connectivity index (χ2v) is 9.67. The van der Waals surface area contributed by atoms with E-state index in [0.29, 0.717) is 25.7 Å². The molecule has 19 heteroatoms. The molecule has 35 heavy (non-hydrogen) atoms. The van der Waals surface area contributed by atoms with Crippen molar-refractivity contribution in [1.29, 1.82) is 0 Å². The Morgan fingerprint density at radius 1 is 0.771 bits per heavy atom. The van der Waals surface area contributed by atoms with E-state index in [1.165, 1.54) is 9.80 Å². The number of nitrogens with zero attached hydrogens (tertiary/aromatic N) is 8. The number of piperidine rings is 2. The maximum absolute atomic E-state index is 12.9. The van der Waals surface area contributed by atoms with E-state index < -0.39 is 46.6 Å². The molecule has 0 aromatic carbocycles. The number of carbonyl (C=O) groups is 2. The first-order chi connectivity index (χ1) is 16.7. The summed E-state index contributed by atoms with van der Waals surface area (Å²) in [6.45, 7) is 0.352. The molecule has 0 saturated carbocycles. The molecule has 0 unspecified atom stereocenters. The highest BCUT2D eigenvalue weighted by molar-refractivity contribution is 7.81. The van der Waals surface area contributed by atoms with Crippen LogP contribution in [0.4, 0.5) is 21.5 Å². The molecule has 0 aliphatic carbocycles. The van der Waals surface area contributed by atoms with Crippen LogP contribution in [0.3, 0.4) is 0 Å². The highest BCUT2D eigenvalue weighted by Gasteiger charge is 2.52. The van der Waals surface area contributed by atoms with Crippen molar-refractivity contribution in [2.45, 2.75) is 49.9 Å². The summed E-state index contributed by atoms with van der Waals surface area (Å²) >= 11 is 0. The van der Waals surface area contributed by atoms with Crippen molar-refractivity contribution in [3.05, 3.63) is 11.8 Å². The second-order valence-electron chi connectivity index (χ2n) is 8.55. The van der Waals surface area contributed by atoms with Gasteiger partial charge in [-0.05, 0) is 36.0 Å². The lowest BCUT2D eigenvalue weighted by molar-refractivity contribution is -0.0841. The standard InChI is InChI=1S/C16H20N10O8S/c17-13-19-11(31-21-13)9-3-1-7-5-23(9)15(27)25(7)33-35(29,30)34-26-8-2-4-10(24(6-8)16(26)28)12-20-14(18)22-32-12/h7-10H,1-6H2,(H2,17,21)(H2,18,22)/t7-,8-,9+,10+/m1/s1. The number of hydrogen-bond acceptors (Lipinski definition) is 14. The van der Waals surface area contributed by atoms with Crippen LogP contribution in [0.5, 0.6) is 0 Å². The van der Waals surface area contributed by atoms with Crippen molar-refractivity contribution >= 4 is 34.4 Å². The lowest BCUT2D eigenvalue weighted by Crippen LogP contribution is -2.41. The molecule has 18 nitrogen and oxygen atoms in total. The average molecular weight is 512 g/mol. The summed E-state index contributed by atoms with van der Waals surface area (Å²) in [5, 5.41) is 8.51. The van der Waals surface area contributed by atoms with Crippen LogP contribution in [0.15, 0.2) is 9.05 Å². The smallest absolute Gasteiger partial charge is 0.365 e. The lowest BCUT2D eigenvalue weighted by atomic mass is 10.0. The summed E-state index contributed by atoms with van der Waals surface area (Å²) < 4.78 is 45.6. The lowest BCUT2D eigenvalue weighted by Gasteiger charge is -2.27. The number of hydroxylamine groups is 4. The Kier molecular flexibility index (Phi) is 4.76. The van der Waals surface area contributed by atoms with Gasteiger partial charge in [0.15, 0.2) is 0 Å². The monoisotopic (exact) mass is 512 g/mol. The molecular weight excluding hydrogens is 492 g/mol. The molecule has 4 saturated heterocycles. The average Bonchev–Trinajstić information content (AvgIpc) is 3.56. The number of nitrogen functional groups attached to an aromatic ring is 2.